The second-order valence-corrected chi connectivity index (χ2v) is 4.49. The predicted molar refractivity (Wildman–Crippen MR) is 54.5 cm³/mol. The van der Waals surface area contributed by atoms with Gasteiger partial charge in [0.25, 0.3) is 10.0 Å². The topological polar surface area (TPSA) is 46.2 Å². The first kappa shape index (κ1) is 17.3. The third-order valence-corrected chi connectivity index (χ3v) is 3.14. The average molecular weight is 288 g/mol. The van der Waals surface area contributed by atoms with Gasteiger partial charge in [-0.25, -0.2) is 8.42 Å². The molecule has 0 saturated carbocycles. The van der Waals surface area contributed by atoms with E-state index >= 15 is 0 Å². The third-order valence-electron chi connectivity index (χ3n) is 1.43. The van der Waals surface area contributed by atoms with Gasteiger partial charge in [-0.3, -0.25) is 0 Å². The fourth-order valence-electron chi connectivity index (χ4n) is 0.762. The molecule has 0 amide bonds. The summed E-state index contributed by atoms with van der Waals surface area (Å²) in [6.07, 6.45) is 0. The van der Waals surface area contributed by atoms with Gasteiger partial charge in [-0.2, -0.15) is 0 Å². The number of hydrogen-bond donors (Lipinski definition) is 1. The van der Waals surface area contributed by atoms with Gasteiger partial charge in [-0.1, -0.05) is 17.7 Å². The normalized spacial score (nSPS) is 9.86. The zero-order valence-corrected chi connectivity index (χ0v) is 9.29. The van der Waals surface area contributed by atoms with Gasteiger partial charge in [0.15, 0.2) is 0 Å². The Balaban J connectivity index is 0. The molecule has 0 aliphatic carbocycles. The minimum atomic E-state index is -3.50. The minimum Gasteiger partial charge on any atom is 0 e. The molecule has 3 nitrogen and oxygen atoms in total. The zero-order chi connectivity index (χ0) is 9.19. The van der Waals surface area contributed by atoms with Crippen molar-refractivity contribution in [1.82, 2.24) is 4.24 Å². The fourth-order valence-corrected chi connectivity index (χ4v) is 1.61. The van der Waals surface area contributed by atoms with Crippen LogP contribution in [0.3, 0.4) is 0 Å². The van der Waals surface area contributed by atoms with E-state index in [1.54, 1.807) is 16.4 Å². The molecule has 0 heterocycles. The summed E-state index contributed by atoms with van der Waals surface area (Å²) in [5.74, 6) is 0. The Hall–Kier alpha value is 0.914. The Morgan fingerprint density at radius 3 is 2.00 bits per heavy atom. The molecule has 0 saturated heterocycles. The number of halogens is 1. The summed E-state index contributed by atoms with van der Waals surface area (Å²) in [7, 11) is -3.50. The number of sulfonamides is 1. The van der Waals surface area contributed by atoms with Crippen LogP contribution < -0.4 is 4.24 Å². The monoisotopic (exact) mass is 287 g/mol. The molecule has 0 aliphatic rings. The maximum absolute atomic E-state index is 11.1. The van der Waals surface area contributed by atoms with E-state index < -0.39 is 10.0 Å². The van der Waals surface area contributed by atoms with Gasteiger partial charge in [0.2, 0.25) is 0 Å². The molecule has 1 rings (SSSR count). The van der Waals surface area contributed by atoms with E-state index in [0.717, 1.165) is 5.56 Å². The summed E-state index contributed by atoms with van der Waals surface area (Å²) < 4.78 is 23.9. The van der Waals surface area contributed by atoms with Crippen LogP contribution in [0.4, 0.5) is 0 Å². The maximum Gasteiger partial charge on any atom is 0 e. The Morgan fingerprint density at radius 1 is 1.21 bits per heavy atom. The van der Waals surface area contributed by atoms with Crippen molar-refractivity contribution in [2.45, 2.75) is 11.8 Å². The molecule has 1 N–H and O–H groups in total. The van der Waals surface area contributed by atoms with Crippen molar-refractivity contribution in [2.24, 2.45) is 0 Å². The third kappa shape index (κ3) is 4.62. The Labute approximate surface area is 121 Å². The number of benzene rings is 1. The summed E-state index contributed by atoms with van der Waals surface area (Å²) in [6.45, 7) is 1.88. The molecule has 0 atom stereocenters. The summed E-state index contributed by atoms with van der Waals surface area (Å²) in [5, 5.41) is 0. The first-order valence-electron chi connectivity index (χ1n) is 3.25. The molecule has 1 aromatic rings. The summed E-state index contributed by atoms with van der Waals surface area (Å²) in [6, 6.07) is 6.42. The van der Waals surface area contributed by atoms with Gasteiger partial charge >= 0.3 is 29.6 Å². The van der Waals surface area contributed by atoms with E-state index in [2.05, 4.69) is 0 Å². The van der Waals surface area contributed by atoms with Crippen LogP contribution in [0.25, 0.3) is 0 Å². The van der Waals surface area contributed by atoms with Crippen LogP contribution >= 0.6 is 11.8 Å². The fraction of sp³-hybridized carbons (Fsp3) is 0.143. The molecule has 0 unspecified atom stereocenters. The molecule has 14 heavy (non-hydrogen) atoms. The maximum atomic E-state index is 11.1. The van der Waals surface area contributed by atoms with Crippen molar-refractivity contribution < 1.29 is 24.9 Å². The van der Waals surface area contributed by atoms with Crippen LogP contribution in [0.15, 0.2) is 29.2 Å². The zero-order valence-electron chi connectivity index (χ0n) is 6.73. The van der Waals surface area contributed by atoms with Crippen LogP contribution in [0.2, 0.25) is 0 Å². The van der Waals surface area contributed by atoms with Gasteiger partial charge in [-0.15, -0.1) is 4.24 Å². The van der Waals surface area contributed by atoms with Crippen molar-refractivity contribution >= 4 is 51.4 Å². The van der Waals surface area contributed by atoms with Gasteiger partial charge < -0.3 is 0 Å². The van der Waals surface area contributed by atoms with E-state index in [9.17, 15) is 8.42 Å². The van der Waals surface area contributed by atoms with Crippen molar-refractivity contribution in [2.75, 3.05) is 0 Å². The standard InChI is InChI=1S/C7H8ClNO2S.Na.Ni.H/c1-6-2-4-7(5-3-6)12(10,11)9-8;;;/h2-5,9H,1H3;;;. The second kappa shape index (κ2) is 7.23. The molecule has 7 heteroatoms. The van der Waals surface area contributed by atoms with Crippen LogP contribution in [0.1, 0.15) is 5.56 Å². The van der Waals surface area contributed by atoms with Crippen molar-refractivity contribution in [3.05, 3.63) is 29.8 Å². The second-order valence-electron chi connectivity index (χ2n) is 2.39. The largest absolute Gasteiger partial charge is 0 e. The molecule has 0 spiro atoms. The molecular formula is C7H9ClNNaNiO2S. The van der Waals surface area contributed by atoms with Crippen molar-refractivity contribution in [3.63, 3.8) is 0 Å². The smallest absolute Gasteiger partial charge is 0 e. The number of aryl methyl sites for hydroxylation is 1. The van der Waals surface area contributed by atoms with E-state index in [1.165, 1.54) is 12.1 Å². The molecule has 0 aromatic heterocycles. The predicted octanol–water partition coefficient (Wildman–Crippen LogP) is 0.776. The quantitative estimate of drug-likeness (QED) is 0.645. The SMILES string of the molecule is Cc1ccc(S(=O)(=O)NCl)cc1.[NaH].[Ni]. The Kier molecular flexibility index (Phi) is 8.94. The van der Waals surface area contributed by atoms with Gasteiger partial charge in [0.1, 0.15) is 0 Å². The van der Waals surface area contributed by atoms with Crippen molar-refractivity contribution in [3.8, 4) is 0 Å². The first-order valence-corrected chi connectivity index (χ1v) is 5.11. The van der Waals surface area contributed by atoms with E-state index in [-0.39, 0.29) is 50.9 Å². The summed E-state index contributed by atoms with van der Waals surface area (Å²) >= 11 is 5.03. The van der Waals surface area contributed by atoms with Gasteiger partial charge in [-0.05, 0) is 30.8 Å². The number of rotatable bonds is 2. The van der Waals surface area contributed by atoms with E-state index in [1.807, 2.05) is 6.92 Å². The summed E-state index contributed by atoms with van der Waals surface area (Å²) in [5.41, 5.74) is 1.00. The molecule has 0 aliphatic heterocycles. The average Bonchev–Trinajstić information content (AvgIpc) is 2.05. The molecule has 1 aromatic carbocycles. The van der Waals surface area contributed by atoms with Gasteiger partial charge in [0.05, 0.1) is 4.90 Å². The van der Waals surface area contributed by atoms with Crippen LogP contribution in [0, 0.1) is 6.92 Å². The van der Waals surface area contributed by atoms with E-state index in [4.69, 9.17) is 11.8 Å². The number of hydrogen-bond acceptors (Lipinski definition) is 2. The van der Waals surface area contributed by atoms with Crippen LogP contribution in [0.5, 0.6) is 0 Å². The summed E-state index contributed by atoms with van der Waals surface area (Å²) in [4.78, 5) is 0.170. The molecule has 78 valence electrons. The molecular weight excluding hydrogens is 279 g/mol. The first-order chi connectivity index (χ1) is 5.56. The molecule has 0 bridgehead atoms. The van der Waals surface area contributed by atoms with Crippen molar-refractivity contribution in [1.29, 1.82) is 0 Å². The van der Waals surface area contributed by atoms with Crippen LogP contribution in [-0.4, -0.2) is 38.0 Å². The molecule has 0 fully saturated rings. The Bertz CT molecular complexity index is 368. The van der Waals surface area contributed by atoms with Gasteiger partial charge in [0, 0.05) is 16.5 Å². The minimum absolute atomic E-state index is 0. The Morgan fingerprint density at radius 2 is 1.64 bits per heavy atom. The van der Waals surface area contributed by atoms with E-state index in [0.29, 0.717) is 0 Å². The van der Waals surface area contributed by atoms with Crippen LogP contribution in [-0.2, 0) is 26.5 Å². The molecule has 0 radical (unpaired) electrons. The number of nitrogens with one attached hydrogen (secondary N) is 1.